The summed E-state index contributed by atoms with van der Waals surface area (Å²) in [6.45, 7) is 7.79. The van der Waals surface area contributed by atoms with Gasteiger partial charge in [0.2, 0.25) is 0 Å². The minimum atomic E-state index is 0.0667. The van der Waals surface area contributed by atoms with Gasteiger partial charge >= 0.3 is 0 Å². The van der Waals surface area contributed by atoms with Gasteiger partial charge in [0.05, 0.1) is 0 Å². The third-order valence-corrected chi connectivity index (χ3v) is 4.21. The number of anilines is 1. The Balaban J connectivity index is 2.03. The molecule has 4 heteroatoms. The van der Waals surface area contributed by atoms with Crippen molar-refractivity contribution in [2.45, 2.75) is 38.8 Å². The molecule has 1 atom stereocenters. The van der Waals surface area contributed by atoms with E-state index in [0.29, 0.717) is 6.04 Å². The average Bonchev–Trinajstić information content (AvgIpc) is 2.46. The van der Waals surface area contributed by atoms with Crippen LogP contribution < -0.4 is 10.6 Å². The van der Waals surface area contributed by atoms with Crippen molar-refractivity contribution in [2.24, 2.45) is 5.73 Å². The van der Waals surface area contributed by atoms with E-state index in [-0.39, 0.29) is 6.04 Å². The highest BCUT2D eigenvalue weighted by Gasteiger charge is 2.22. The number of piperidine rings is 1. The second kappa shape index (κ2) is 6.35. The van der Waals surface area contributed by atoms with E-state index in [4.69, 9.17) is 5.73 Å². The summed E-state index contributed by atoms with van der Waals surface area (Å²) < 4.78 is 0. The monoisotopic (exact) mass is 262 g/mol. The van der Waals surface area contributed by atoms with Gasteiger partial charge in [0, 0.05) is 38.4 Å². The molecule has 2 rings (SSSR count). The maximum Gasteiger partial charge on any atom is 0.128 e. The summed E-state index contributed by atoms with van der Waals surface area (Å²) >= 11 is 0. The van der Waals surface area contributed by atoms with Gasteiger partial charge in [-0.25, -0.2) is 4.98 Å². The zero-order chi connectivity index (χ0) is 13.8. The number of pyridine rings is 1. The first-order valence-electron chi connectivity index (χ1n) is 7.28. The van der Waals surface area contributed by atoms with Crippen LogP contribution in [0.15, 0.2) is 18.3 Å². The summed E-state index contributed by atoms with van der Waals surface area (Å²) in [4.78, 5) is 9.32. The van der Waals surface area contributed by atoms with Crippen molar-refractivity contribution in [1.82, 2.24) is 9.88 Å². The molecular formula is C15H26N4. The molecule has 4 nitrogen and oxygen atoms in total. The first-order chi connectivity index (χ1) is 9.11. The Bertz CT molecular complexity index is 397. The van der Waals surface area contributed by atoms with E-state index in [1.807, 2.05) is 19.2 Å². The lowest BCUT2D eigenvalue weighted by Gasteiger charge is -2.37. The fraction of sp³-hybridized carbons (Fsp3) is 0.667. The standard InChI is InChI=1S/C15H26N4/c1-4-19-9-6-14(7-10-19)18(3)15-11-13(12(2)16)5-8-17-15/h5,8,11-12,14H,4,6-7,9-10,16H2,1-3H3/t12-/m1/s1. The Labute approximate surface area is 116 Å². The van der Waals surface area contributed by atoms with Crippen LogP contribution in [0, 0.1) is 0 Å². The summed E-state index contributed by atoms with van der Waals surface area (Å²) in [5, 5.41) is 0. The third kappa shape index (κ3) is 3.45. The van der Waals surface area contributed by atoms with Crippen LogP contribution in [0.5, 0.6) is 0 Å². The molecule has 0 unspecified atom stereocenters. The van der Waals surface area contributed by atoms with Gasteiger partial charge in [-0.1, -0.05) is 6.92 Å². The molecule has 0 radical (unpaired) electrons. The van der Waals surface area contributed by atoms with Crippen LogP contribution in [0.4, 0.5) is 5.82 Å². The fourth-order valence-corrected chi connectivity index (χ4v) is 2.72. The van der Waals surface area contributed by atoms with Crippen molar-refractivity contribution < 1.29 is 0 Å². The molecule has 1 fully saturated rings. The van der Waals surface area contributed by atoms with Crippen LogP contribution in [0.2, 0.25) is 0 Å². The molecular weight excluding hydrogens is 236 g/mol. The van der Waals surface area contributed by atoms with Crippen LogP contribution >= 0.6 is 0 Å². The third-order valence-electron chi connectivity index (χ3n) is 4.21. The average molecular weight is 262 g/mol. The summed E-state index contributed by atoms with van der Waals surface area (Å²) in [5.41, 5.74) is 7.10. The van der Waals surface area contributed by atoms with E-state index in [0.717, 1.165) is 17.9 Å². The number of hydrogen-bond donors (Lipinski definition) is 1. The molecule has 1 saturated heterocycles. The van der Waals surface area contributed by atoms with Gasteiger partial charge in [-0.15, -0.1) is 0 Å². The number of likely N-dealkylation sites (tertiary alicyclic amines) is 1. The lowest BCUT2D eigenvalue weighted by atomic mass is 10.0. The Morgan fingerprint density at radius 3 is 2.74 bits per heavy atom. The molecule has 0 aromatic carbocycles. The first-order valence-corrected chi connectivity index (χ1v) is 7.28. The van der Waals surface area contributed by atoms with Crippen molar-refractivity contribution in [3.05, 3.63) is 23.9 Å². The number of rotatable bonds is 4. The van der Waals surface area contributed by atoms with Crippen molar-refractivity contribution in [1.29, 1.82) is 0 Å². The van der Waals surface area contributed by atoms with Crippen molar-refractivity contribution in [3.8, 4) is 0 Å². The van der Waals surface area contributed by atoms with E-state index in [2.05, 4.69) is 34.8 Å². The van der Waals surface area contributed by atoms with Gasteiger partial charge in [0.25, 0.3) is 0 Å². The lowest BCUT2D eigenvalue weighted by Crippen LogP contribution is -2.43. The van der Waals surface area contributed by atoms with Crippen LogP contribution in [-0.4, -0.2) is 42.6 Å². The largest absolute Gasteiger partial charge is 0.357 e. The number of nitrogens with two attached hydrogens (primary N) is 1. The summed E-state index contributed by atoms with van der Waals surface area (Å²) in [5.74, 6) is 1.05. The topological polar surface area (TPSA) is 45.4 Å². The highest BCUT2D eigenvalue weighted by atomic mass is 15.2. The van der Waals surface area contributed by atoms with Gasteiger partial charge < -0.3 is 15.5 Å². The Hall–Kier alpha value is -1.13. The molecule has 19 heavy (non-hydrogen) atoms. The van der Waals surface area contributed by atoms with Gasteiger partial charge in [-0.3, -0.25) is 0 Å². The Morgan fingerprint density at radius 2 is 2.16 bits per heavy atom. The maximum absolute atomic E-state index is 5.94. The van der Waals surface area contributed by atoms with Crippen molar-refractivity contribution in [2.75, 3.05) is 31.6 Å². The van der Waals surface area contributed by atoms with Crippen LogP contribution in [0.1, 0.15) is 38.3 Å². The molecule has 1 aromatic heterocycles. The minimum Gasteiger partial charge on any atom is -0.357 e. The van der Waals surface area contributed by atoms with Gasteiger partial charge in [0.1, 0.15) is 5.82 Å². The first kappa shape index (κ1) is 14.3. The van der Waals surface area contributed by atoms with Gasteiger partial charge in [-0.2, -0.15) is 0 Å². The van der Waals surface area contributed by atoms with E-state index >= 15 is 0 Å². The van der Waals surface area contributed by atoms with Gasteiger partial charge in [0.15, 0.2) is 0 Å². The predicted octanol–water partition coefficient (Wildman–Crippen LogP) is 2.02. The molecule has 0 aliphatic carbocycles. The molecule has 0 bridgehead atoms. The highest BCUT2D eigenvalue weighted by Crippen LogP contribution is 2.22. The second-order valence-corrected chi connectivity index (χ2v) is 5.51. The number of aromatic nitrogens is 1. The predicted molar refractivity (Wildman–Crippen MR) is 80.4 cm³/mol. The second-order valence-electron chi connectivity index (χ2n) is 5.51. The van der Waals surface area contributed by atoms with Crippen molar-refractivity contribution in [3.63, 3.8) is 0 Å². The molecule has 0 amide bonds. The molecule has 1 aliphatic heterocycles. The maximum atomic E-state index is 5.94. The van der Waals surface area contributed by atoms with E-state index in [9.17, 15) is 0 Å². The molecule has 1 aromatic rings. The zero-order valence-electron chi connectivity index (χ0n) is 12.3. The Morgan fingerprint density at radius 1 is 1.47 bits per heavy atom. The number of hydrogen-bond acceptors (Lipinski definition) is 4. The fourth-order valence-electron chi connectivity index (χ4n) is 2.72. The summed E-state index contributed by atoms with van der Waals surface area (Å²) in [6, 6.07) is 4.79. The molecule has 106 valence electrons. The van der Waals surface area contributed by atoms with Crippen LogP contribution in [-0.2, 0) is 0 Å². The Kier molecular flexibility index (Phi) is 4.77. The molecule has 0 spiro atoms. The number of nitrogens with zero attached hydrogens (tertiary/aromatic N) is 3. The minimum absolute atomic E-state index is 0.0667. The quantitative estimate of drug-likeness (QED) is 0.902. The SMILES string of the molecule is CCN1CCC(N(C)c2cc([C@@H](C)N)ccn2)CC1. The van der Waals surface area contributed by atoms with E-state index < -0.39 is 0 Å². The molecule has 1 aliphatic rings. The highest BCUT2D eigenvalue weighted by molar-refractivity contribution is 5.42. The molecule has 0 saturated carbocycles. The normalized spacial score (nSPS) is 19.4. The smallest absolute Gasteiger partial charge is 0.128 e. The van der Waals surface area contributed by atoms with Crippen LogP contribution in [0.3, 0.4) is 0 Å². The summed E-state index contributed by atoms with van der Waals surface area (Å²) in [7, 11) is 2.15. The zero-order valence-corrected chi connectivity index (χ0v) is 12.3. The van der Waals surface area contributed by atoms with Crippen LogP contribution in [0.25, 0.3) is 0 Å². The van der Waals surface area contributed by atoms with Crippen molar-refractivity contribution >= 4 is 5.82 Å². The lowest BCUT2D eigenvalue weighted by molar-refractivity contribution is 0.220. The molecule has 2 heterocycles. The van der Waals surface area contributed by atoms with E-state index in [1.165, 1.54) is 25.9 Å². The van der Waals surface area contributed by atoms with Gasteiger partial charge in [-0.05, 0) is 44.0 Å². The molecule has 2 N–H and O–H groups in total. The van der Waals surface area contributed by atoms with E-state index in [1.54, 1.807) is 0 Å². The summed E-state index contributed by atoms with van der Waals surface area (Å²) in [6.07, 6.45) is 4.30.